The second-order valence-corrected chi connectivity index (χ2v) is 5.23. The summed E-state index contributed by atoms with van der Waals surface area (Å²) >= 11 is 0. The predicted octanol–water partition coefficient (Wildman–Crippen LogP) is 2.34. The van der Waals surface area contributed by atoms with Crippen molar-refractivity contribution in [3.8, 4) is 11.8 Å². The highest BCUT2D eigenvalue weighted by molar-refractivity contribution is 5.45. The maximum Gasteiger partial charge on any atom is 0.136 e. The third-order valence-corrected chi connectivity index (χ3v) is 3.20. The first-order valence-electron chi connectivity index (χ1n) is 7.04. The summed E-state index contributed by atoms with van der Waals surface area (Å²) in [5.74, 6) is 0.661. The van der Waals surface area contributed by atoms with Gasteiger partial charge in [-0.1, -0.05) is 13.0 Å². The van der Waals surface area contributed by atoms with Crippen LogP contribution in [0.15, 0.2) is 18.2 Å². The standard InChI is InChI=1S/C16H25N3O/c1-5-8-19(10-9-18(2)3)13-14-6-7-15(12-17)16(11-14)20-4/h6-7,11H,5,8-10,13H2,1-4H3. The fraction of sp³-hybridized carbons (Fsp3) is 0.562. The van der Waals surface area contributed by atoms with Crippen LogP contribution in [0.1, 0.15) is 24.5 Å². The van der Waals surface area contributed by atoms with Crippen LogP contribution in [0.3, 0.4) is 0 Å². The van der Waals surface area contributed by atoms with E-state index in [1.807, 2.05) is 18.2 Å². The summed E-state index contributed by atoms with van der Waals surface area (Å²) in [4.78, 5) is 4.63. The molecule has 4 heteroatoms. The van der Waals surface area contributed by atoms with Crippen molar-refractivity contribution in [2.24, 2.45) is 0 Å². The lowest BCUT2D eigenvalue weighted by Crippen LogP contribution is -2.32. The lowest BCUT2D eigenvalue weighted by molar-refractivity contribution is 0.234. The number of rotatable bonds is 8. The number of methoxy groups -OCH3 is 1. The number of benzene rings is 1. The predicted molar refractivity (Wildman–Crippen MR) is 81.8 cm³/mol. The lowest BCUT2D eigenvalue weighted by atomic mass is 10.1. The Hall–Kier alpha value is -1.57. The molecule has 0 unspecified atom stereocenters. The average Bonchev–Trinajstić information content (AvgIpc) is 2.44. The SMILES string of the molecule is CCCN(CCN(C)C)Cc1ccc(C#N)c(OC)c1. The summed E-state index contributed by atoms with van der Waals surface area (Å²) in [6.07, 6.45) is 1.14. The van der Waals surface area contributed by atoms with Gasteiger partial charge in [0.1, 0.15) is 11.8 Å². The van der Waals surface area contributed by atoms with Crippen molar-refractivity contribution >= 4 is 0 Å². The molecule has 0 saturated carbocycles. The minimum absolute atomic E-state index is 0.589. The molecule has 1 rings (SSSR count). The number of likely N-dealkylation sites (N-methyl/N-ethyl adjacent to an activating group) is 1. The van der Waals surface area contributed by atoms with Crippen molar-refractivity contribution in [2.75, 3.05) is 40.8 Å². The number of nitrogens with zero attached hydrogens (tertiary/aromatic N) is 3. The third-order valence-electron chi connectivity index (χ3n) is 3.20. The summed E-state index contributed by atoms with van der Waals surface area (Å²) in [7, 11) is 5.79. The van der Waals surface area contributed by atoms with Crippen LogP contribution in [-0.4, -0.2) is 50.6 Å². The highest BCUT2D eigenvalue weighted by atomic mass is 16.5. The Balaban J connectivity index is 2.75. The summed E-state index contributed by atoms with van der Waals surface area (Å²) in [5.41, 5.74) is 1.78. The monoisotopic (exact) mass is 275 g/mol. The van der Waals surface area contributed by atoms with Crippen LogP contribution in [0, 0.1) is 11.3 Å². The zero-order valence-electron chi connectivity index (χ0n) is 13.0. The van der Waals surface area contributed by atoms with Gasteiger partial charge in [0.15, 0.2) is 0 Å². The molecule has 20 heavy (non-hydrogen) atoms. The van der Waals surface area contributed by atoms with Crippen molar-refractivity contribution in [1.82, 2.24) is 9.80 Å². The number of ether oxygens (including phenoxy) is 1. The molecule has 1 aromatic carbocycles. The summed E-state index contributed by atoms with van der Waals surface area (Å²) in [6, 6.07) is 7.97. The van der Waals surface area contributed by atoms with E-state index in [2.05, 4.69) is 36.9 Å². The summed E-state index contributed by atoms with van der Waals surface area (Å²) in [6.45, 7) is 6.26. The van der Waals surface area contributed by atoms with E-state index in [1.165, 1.54) is 5.56 Å². The van der Waals surface area contributed by atoms with Crippen LogP contribution in [-0.2, 0) is 6.54 Å². The van der Waals surface area contributed by atoms with Gasteiger partial charge in [-0.15, -0.1) is 0 Å². The maximum atomic E-state index is 9.01. The van der Waals surface area contributed by atoms with Gasteiger partial charge in [-0.25, -0.2) is 0 Å². The Morgan fingerprint density at radius 1 is 1.20 bits per heavy atom. The zero-order chi connectivity index (χ0) is 15.0. The fourth-order valence-electron chi connectivity index (χ4n) is 2.11. The Bertz CT molecular complexity index is 452. The van der Waals surface area contributed by atoms with Crippen LogP contribution in [0.4, 0.5) is 0 Å². The van der Waals surface area contributed by atoms with E-state index >= 15 is 0 Å². The van der Waals surface area contributed by atoms with E-state index in [9.17, 15) is 0 Å². The number of nitriles is 1. The zero-order valence-corrected chi connectivity index (χ0v) is 13.0. The molecular weight excluding hydrogens is 250 g/mol. The molecule has 4 nitrogen and oxygen atoms in total. The van der Waals surface area contributed by atoms with Crippen LogP contribution < -0.4 is 4.74 Å². The molecule has 0 radical (unpaired) electrons. The van der Waals surface area contributed by atoms with Crippen LogP contribution in [0.25, 0.3) is 0 Å². The van der Waals surface area contributed by atoms with Gasteiger partial charge in [-0.3, -0.25) is 4.90 Å². The minimum atomic E-state index is 0.589. The van der Waals surface area contributed by atoms with Gasteiger partial charge in [0, 0.05) is 19.6 Å². The molecule has 0 spiro atoms. The van der Waals surface area contributed by atoms with Gasteiger partial charge in [0.2, 0.25) is 0 Å². The normalized spacial score (nSPS) is 10.8. The van der Waals surface area contributed by atoms with Crippen LogP contribution in [0.5, 0.6) is 5.75 Å². The van der Waals surface area contributed by atoms with Gasteiger partial charge in [0.05, 0.1) is 12.7 Å². The molecule has 0 aliphatic rings. The largest absolute Gasteiger partial charge is 0.495 e. The molecule has 0 bridgehead atoms. The molecule has 0 aliphatic heterocycles. The van der Waals surface area contributed by atoms with Crippen LogP contribution >= 0.6 is 0 Å². The molecule has 110 valence electrons. The lowest BCUT2D eigenvalue weighted by Gasteiger charge is -2.24. The molecule has 0 aromatic heterocycles. The van der Waals surface area contributed by atoms with E-state index in [4.69, 9.17) is 10.00 Å². The Labute approximate surface area is 122 Å². The van der Waals surface area contributed by atoms with Crippen molar-refractivity contribution in [2.45, 2.75) is 19.9 Å². The van der Waals surface area contributed by atoms with Crippen LogP contribution in [0.2, 0.25) is 0 Å². The highest BCUT2D eigenvalue weighted by Gasteiger charge is 2.08. The quantitative estimate of drug-likeness (QED) is 0.730. The number of hydrogen-bond donors (Lipinski definition) is 0. The minimum Gasteiger partial charge on any atom is -0.495 e. The van der Waals surface area contributed by atoms with E-state index in [1.54, 1.807) is 7.11 Å². The van der Waals surface area contributed by atoms with Gasteiger partial charge in [-0.05, 0) is 44.8 Å². The first-order chi connectivity index (χ1) is 9.60. The van der Waals surface area contributed by atoms with Gasteiger partial charge in [-0.2, -0.15) is 5.26 Å². The molecule has 0 heterocycles. The Morgan fingerprint density at radius 2 is 1.95 bits per heavy atom. The van der Waals surface area contributed by atoms with E-state index < -0.39 is 0 Å². The van der Waals surface area contributed by atoms with Crippen molar-refractivity contribution in [3.63, 3.8) is 0 Å². The van der Waals surface area contributed by atoms with Crippen molar-refractivity contribution < 1.29 is 4.74 Å². The highest BCUT2D eigenvalue weighted by Crippen LogP contribution is 2.20. The maximum absolute atomic E-state index is 9.01. The van der Waals surface area contributed by atoms with Gasteiger partial charge < -0.3 is 9.64 Å². The topological polar surface area (TPSA) is 39.5 Å². The molecule has 0 N–H and O–H groups in total. The smallest absolute Gasteiger partial charge is 0.136 e. The van der Waals surface area contributed by atoms with E-state index in [0.717, 1.165) is 32.6 Å². The second-order valence-electron chi connectivity index (χ2n) is 5.23. The van der Waals surface area contributed by atoms with E-state index in [0.29, 0.717) is 11.3 Å². The second kappa shape index (κ2) is 8.57. The first kappa shape index (κ1) is 16.5. The molecule has 0 aliphatic carbocycles. The molecule has 0 saturated heterocycles. The van der Waals surface area contributed by atoms with E-state index in [-0.39, 0.29) is 0 Å². The summed E-state index contributed by atoms with van der Waals surface area (Å²) < 4.78 is 5.27. The van der Waals surface area contributed by atoms with Gasteiger partial charge in [0.25, 0.3) is 0 Å². The van der Waals surface area contributed by atoms with Gasteiger partial charge >= 0.3 is 0 Å². The number of hydrogen-bond acceptors (Lipinski definition) is 4. The van der Waals surface area contributed by atoms with Crippen molar-refractivity contribution in [3.05, 3.63) is 29.3 Å². The Kier molecular flexibility index (Phi) is 7.06. The summed E-state index contributed by atoms with van der Waals surface area (Å²) in [5, 5.41) is 9.01. The molecule has 1 aromatic rings. The average molecular weight is 275 g/mol. The Morgan fingerprint density at radius 3 is 2.50 bits per heavy atom. The first-order valence-corrected chi connectivity index (χ1v) is 7.04. The molecule has 0 amide bonds. The molecule has 0 fully saturated rings. The van der Waals surface area contributed by atoms with Crippen molar-refractivity contribution in [1.29, 1.82) is 5.26 Å². The third kappa shape index (κ3) is 5.20. The molecular formula is C16H25N3O. The molecule has 0 atom stereocenters. The fourth-order valence-corrected chi connectivity index (χ4v) is 2.11.